The summed E-state index contributed by atoms with van der Waals surface area (Å²) in [6.07, 6.45) is 3.46. The average Bonchev–Trinajstić information content (AvgIpc) is 2.75. The number of amides is 1. The van der Waals surface area contributed by atoms with Gasteiger partial charge in [-0.2, -0.15) is 0 Å². The van der Waals surface area contributed by atoms with Gasteiger partial charge in [0.1, 0.15) is 0 Å². The van der Waals surface area contributed by atoms with Crippen molar-refractivity contribution < 1.29 is 4.79 Å². The number of benzene rings is 3. The van der Waals surface area contributed by atoms with Crippen molar-refractivity contribution in [2.75, 3.05) is 13.1 Å². The van der Waals surface area contributed by atoms with Crippen LogP contribution in [0.15, 0.2) is 66.7 Å². The number of hydrogen-bond acceptors (Lipinski definition) is 2. The minimum absolute atomic E-state index is 0.0789. The molecule has 0 radical (unpaired) electrons. The molecule has 0 unspecified atom stereocenters. The summed E-state index contributed by atoms with van der Waals surface area (Å²) >= 11 is 12.1. The number of piperidine rings is 1. The molecule has 0 bridgehead atoms. The summed E-state index contributed by atoms with van der Waals surface area (Å²) < 4.78 is 0. The molecule has 1 amide bonds. The van der Waals surface area contributed by atoms with Gasteiger partial charge in [0.15, 0.2) is 0 Å². The molecule has 0 saturated carbocycles. The number of carbonyl (C=O) groups excluding carboxylic acids is 1. The summed E-state index contributed by atoms with van der Waals surface area (Å²) in [6.45, 7) is 1.80. The van der Waals surface area contributed by atoms with E-state index in [0.717, 1.165) is 48.2 Å². The van der Waals surface area contributed by atoms with Gasteiger partial charge in [0, 0.05) is 28.7 Å². The number of carbonyl (C=O) groups is 1. The molecule has 3 aromatic carbocycles. The number of rotatable bonds is 4. The molecule has 4 rings (SSSR count). The third-order valence-corrected chi connectivity index (χ3v) is 5.71. The van der Waals surface area contributed by atoms with Crippen LogP contribution in [0.1, 0.15) is 29.6 Å². The summed E-state index contributed by atoms with van der Waals surface area (Å²) in [5.41, 5.74) is 7.76. The van der Waals surface area contributed by atoms with Crippen LogP contribution in [-0.4, -0.2) is 24.0 Å². The van der Waals surface area contributed by atoms with Gasteiger partial charge in [0.2, 0.25) is 0 Å². The standard InChI is InChI=1S/C24H22Cl2N2O/c25-20-9-4-17(5-10-20)22-13-8-19(24(29)27-28-14-2-1-3-15-28)16-23(22)18-6-11-21(26)12-7-18/h4-13,16H,1-3,14-15H2,(H,27,29). The van der Waals surface area contributed by atoms with Gasteiger partial charge < -0.3 is 0 Å². The molecule has 1 saturated heterocycles. The van der Waals surface area contributed by atoms with E-state index in [0.29, 0.717) is 15.6 Å². The second kappa shape index (κ2) is 9.00. The van der Waals surface area contributed by atoms with Crippen molar-refractivity contribution in [2.24, 2.45) is 0 Å². The molecule has 0 aromatic heterocycles. The fraction of sp³-hybridized carbons (Fsp3) is 0.208. The molecule has 148 valence electrons. The van der Waals surface area contributed by atoms with Gasteiger partial charge in [-0.25, -0.2) is 5.01 Å². The summed E-state index contributed by atoms with van der Waals surface area (Å²) in [7, 11) is 0. The average molecular weight is 425 g/mol. The largest absolute Gasteiger partial charge is 0.285 e. The maximum atomic E-state index is 12.9. The molecule has 1 fully saturated rings. The van der Waals surface area contributed by atoms with Gasteiger partial charge in [0.05, 0.1) is 0 Å². The Labute approximate surface area is 181 Å². The molecular weight excluding hydrogens is 403 g/mol. The van der Waals surface area contributed by atoms with E-state index in [4.69, 9.17) is 23.2 Å². The van der Waals surface area contributed by atoms with Crippen LogP contribution >= 0.6 is 23.2 Å². The van der Waals surface area contributed by atoms with E-state index in [1.54, 1.807) is 0 Å². The smallest absolute Gasteiger partial charge is 0.265 e. The van der Waals surface area contributed by atoms with Gasteiger partial charge in [-0.05, 0) is 71.5 Å². The third kappa shape index (κ3) is 4.81. The molecule has 0 aliphatic carbocycles. The Morgan fingerprint density at radius 2 is 1.28 bits per heavy atom. The van der Waals surface area contributed by atoms with Crippen LogP contribution in [0.3, 0.4) is 0 Å². The van der Waals surface area contributed by atoms with E-state index in [1.165, 1.54) is 6.42 Å². The summed E-state index contributed by atoms with van der Waals surface area (Å²) in [5.74, 6) is -0.0789. The molecule has 1 N–H and O–H groups in total. The predicted octanol–water partition coefficient (Wildman–Crippen LogP) is 6.46. The number of hydrazine groups is 1. The van der Waals surface area contributed by atoms with Crippen molar-refractivity contribution >= 4 is 29.1 Å². The highest BCUT2D eigenvalue weighted by molar-refractivity contribution is 6.31. The zero-order chi connectivity index (χ0) is 20.2. The van der Waals surface area contributed by atoms with Crippen LogP contribution in [0.25, 0.3) is 22.3 Å². The van der Waals surface area contributed by atoms with Crippen molar-refractivity contribution in [3.8, 4) is 22.3 Å². The topological polar surface area (TPSA) is 32.3 Å². The molecule has 3 nitrogen and oxygen atoms in total. The minimum atomic E-state index is -0.0789. The summed E-state index contributed by atoms with van der Waals surface area (Å²) in [4.78, 5) is 12.9. The van der Waals surface area contributed by atoms with Crippen LogP contribution in [-0.2, 0) is 0 Å². The lowest BCUT2D eigenvalue weighted by Crippen LogP contribution is -2.45. The first-order chi connectivity index (χ1) is 14.1. The molecule has 1 aliphatic rings. The zero-order valence-corrected chi connectivity index (χ0v) is 17.5. The van der Waals surface area contributed by atoms with Gasteiger partial charge in [0.25, 0.3) is 5.91 Å². The van der Waals surface area contributed by atoms with Gasteiger partial charge >= 0.3 is 0 Å². The molecule has 3 aromatic rings. The van der Waals surface area contributed by atoms with E-state index < -0.39 is 0 Å². The second-order valence-corrected chi connectivity index (χ2v) is 8.14. The zero-order valence-electron chi connectivity index (χ0n) is 16.0. The van der Waals surface area contributed by atoms with Crippen LogP contribution in [0.5, 0.6) is 0 Å². The third-order valence-electron chi connectivity index (χ3n) is 5.21. The maximum absolute atomic E-state index is 12.9. The Balaban J connectivity index is 1.71. The quantitative estimate of drug-likeness (QED) is 0.521. The highest BCUT2D eigenvalue weighted by Crippen LogP contribution is 2.34. The van der Waals surface area contributed by atoms with Crippen molar-refractivity contribution in [1.82, 2.24) is 10.4 Å². The fourth-order valence-electron chi connectivity index (χ4n) is 3.65. The minimum Gasteiger partial charge on any atom is -0.285 e. The SMILES string of the molecule is O=C(NN1CCCCC1)c1ccc(-c2ccc(Cl)cc2)c(-c2ccc(Cl)cc2)c1. The Bertz CT molecular complexity index is 994. The summed E-state index contributed by atoms with van der Waals surface area (Å²) in [5, 5.41) is 3.39. The fourth-order valence-corrected chi connectivity index (χ4v) is 3.90. The van der Waals surface area contributed by atoms with Crippen molar-refractivity contribution in [3.05, 3.63) is 82.3 Å². The van der Waals surface area contributed by atoms with Crippen LogP contribution in [0, 0.1) is 0 Å². The predicted molar refractivity (Wildman–Crippen MR) is 120 cm³/mol. The molecule has 1 aliphatic heterocycles. The first-order valence-corrected chi connectivity index (χ1v) is 10.6. The Hall–Kier alpha value is -2.33. The van der Waals surface area contributed by atoms with E-state index in [9.17, 15) is 4.79 Å². The molecule has 29 heavy (non-hydrogen) atoms. The van der Waals surface area contributed by atoms with Crippen LogP contribution in [0.4, 0.5) is 0 Å². The van der Waals surface area contributed by atoms with E-state index >= 15 is 0 Å². The van der Waals surface area contributed by atoms with Crippen LogP contribution in [0.2, 0.25) is 10.0 Å². The number of nitrogens with zero attached hydrogens (tertiary/aromatic N) is 1. The maximum Gasteiger partial charge on any atom is 0.265 e. The summed E-state index contributed by atoms with van der Waals surface area (Å²) in [6, 6.07) is 21.2. The van der Waals surface area contributed by atoms with E-state index in [1.807, 2.05) is 71.7 Å². The van der Waals surface area contributed by atoms with Gasteiger partial charge in [-0.1, -0.05) is 60.0 Å². The Morgan fingerprint density at radius 3 is 1.86 bits per heavy atom. The highest BCUT2D eigenvalue weighted by atomic mass is 35.5. The van der Waals surface area contributed by atoms with Crippen LogP contribution < -0.4 is 5.43 Å². The first-order valence-electron chi connectivity index (χ1n) is 9.82. The number of halogens is 2. The van der Waals surface area contributed by atoms with Crippen molar-refractivity contribution in [1.29, 1.82) is 0 Å². The Kier molecular flexibility index (Phi) is 6.19. The van der Waals surface area contributed by atoms with Gasteiger partial charge in [-0.3, -0.25) is 10.2 Å². The Morgan fingerprint density at radius 1 is 0.724 bits per heavy atom. The monoisotopic (exact) mass is 424 g/mol. The van der Waals surface area contributed by atoms with E-state index in [-0.39, 0.29) is 5.91 Å². The van der Waals surface area contributed by atoms with Gasteiger partial charge in [-0.15, -0.1) is 0 Å². The first kappa shape index (κ1) is 20.0. The molecule has 5 heteroatoms. The number of nitrogens with one attached hydrogen (secondary N) is 1. The van der Waals surface area contributed by atoms with Crippen molar-refractivity contribution in [3.63, 3.8) is 0 Å². The highest BCUT2D eigenvalue weighted by Gasteiger charge is 2.16. The second-order valence-electron chi connectivity index (χ2n) is 7.26. The lowest BCUT2D eigenvalue weighted by atomic mass is 9.92. The lowest BCUT2D eigenvalue weighted by Gasteiger charge is -2.27. The number of hydrogen-bond donors (Lipinski definition) is 1. The van der Waals surface area contributed by atoms with E-state index in [2.05, 4.69) is 5.43 Å². The molecular formula is C24H22Cl2N2O. The molecule has 0 spiro atoms. The van der Waals surface area contributed by atoms with Crippen molar-refractivity contribution in [2.45, 2.75) is 19.3 Å². The normalized spacial score (nSPS) is 14.6. The molecule has 0 atom stereocenters. The lowest BCUT2D eigenvalue weighted by molar-refractivity contribution is 0.0750. The molecule has 1 heterocycles.